The second-order valence-corrected chi connectivity index (χ2v) is 6.27. The second-order valence-electron chi connectivity index (χ2n) is 6.27. The van der Waals surface area contributed by atoms with Gasteiger partial charge in [-0.3, -0.25) is 9.78 Å². The Hall–Kier alpha value is -2.36. The van der Waals surface area contributed by atoms with Crippen molar-refractivity contribution >= 4 is 5.91 Å². The van der Waals surface area contributed by atoms with Crippen molar-refractivity contribution < 1.29 is 9.53 Å². The lowest BCUT2D eigenvalue weighted by Crippen LogP contribution is -2.36. The molecule has 2 heterocycles. The number of carbonyl (C=O) groups is 1. The van der Waals surface area contributed by atoms with Crippen LogP contribution in [0.2, 0.25) is 0 Å². The summed E-state index contributed by atoms with van der Waals surface area (Å²) in [5.74, 6) is 0.995. The van der Waals surface area contributed by atoms with E-state index in [2.05, 4.69) is 22.0 Å². The first-order valence-corrected chi connectivity index (χ1v) is 8.58. The highest BCUT2D eigenvalue weighted by Gasteiger charge is 2.28. The van der Waals surface area contributed by atoms with Gasteiger partial charge in [-0.1, -0.05) is 18.2 Å². The van der Waals surface area contributed by atoms with Crippen molar-refractivity contribution in [3.05, 3.63) is 59.9 Å². The molecule has 1 atom stereocenters. The number of carbonyl (C=O) groups excluding carboxylic acids is 1. The third kappa shape index (κ3) is 3.94. The number of aromatic nitrogens is 1. The molecule has 1 unspecified atom stereocenters. The highest BCUT2D eigenvalue weighted by atomic mass is 16.5. The lowest BCUT2D eigenvalue weighted by Gasteiger charge is -2.25. The van der Waals surface area contributed by atoms with E-state index in [4.69, 9.17) is 4.74 Å². The molecule has 1 aromatic carbocycles. The summed E-state index contributed by atoms with van der Waals surface area (Å²) in [7, 11) is 1.65. The van der Waals surface area contributed by atoms with Crippen LogP contribution in [0.1, 0.15) is 30.4 Å². The molecule has 0 N–H and O–H groups in total. The molecule has 126 valence electrons. The van der Waals surface area contributed by atoms with Gasteiger partial charge < -0.3 is 9.64 Å². The summed E-state index contributed by atoms with van der Waals surface area (Å²) in [6, 6.07) is 12.2. The molecule has 0 radical (unpaired) electrons. The standard InChI is InChI=1S/C20H24N2O2/c1-24-19-7-3-2-5-17(19)15-20(23)22-14-4-6-18(22)9-8-16-10-12-21-13-11-16/h2-3,5,7,10-13,18H,4,6,8-9,14-15H2,1H3. The van der Waals surface area contributed by atoms with E-state index in [0.29, 0.717) is 12.5 Å². The van der Waals surface area contributed by atoms with Crippen molar-refractivity contribution in [2.24, 2.45) is 0 Å². The summed E-state index contributed by atoms with van der Waals surface area (Å²) in [4.78, 5) is 18.9. The maximum absolute atomic E-state index is 12.8. The second kappa shape index (κ2) is 7.95. The number of amides is 1. The predicted molar refractivity (Wildman–Crippen MR) is 94.0 cm³/mol. The first-order valence-electron chi connectivity index (χ1n) is 8.58. The summed E-state index contributed by atoms with van der Waals surface area (Å²) in [5.41, 5.74) is 2.25. The van der Waals surface area contributed by atoms with Gasteiger partial charge >= 0.3 is 0 Å². The minimum atomic E-state index is 0.205. The fourth-order valence-electron chi connectivity index (χ4n) is 3.46. The normalized spacial score (nSPS) is 17.0. The number of aryl methyl sites for hydroxylation is 1. The Labute approximate surface area is 143 Å². The summed E-state index contributed by atoms with van der Waals surface area (Å²) in [6.07, 6.45) is 8.27. The van der Waals surface area contributed by atoms with Gasteiger partial charge in [0.05, 0.1) is 13.5 Å². The maximum Gasteiger partial charge on any atom is 0.227 e. The zero-order valence-electron chi connectivity index (χ0n) is 14.1. The fourth-order valence-corrected chi connectivity index (χ4v) is 3.46. The Morgan fingerprint density at radius 1 is 1.25 bits per heavy atom. The third-order valence-corrected chi connectivity index (χ3v) is 4.75. The molecule has 4 nitrogen and oxygen atoms in total. The maximum atomic E-state index is 12.8. The average Bonchev–Trinajstić information content (AvgIpc) is 3.10. The van der Waals surface area contributed by atoms with Gasteiger partial charge in [0.25, 0.3) is 0 Å². The van der Waals surface area contributed by atoms with Crippen molar-refractivity contribution in [1.82, 2.24) is 9.88 Å². The van der Waals surface area contributed by atoms with Crippen molar-refractivity contribution in [2.75, 3.05) is 13.7 Å². The van der Waals surface area contributed by atoms with Gasteiger partial charge in [-0.15, -0.1) is 0 Å². The molecule has 2 aromatic rings. The number of pyridine rings is 1. The van der Waals surface area contributed by atoms with Crippen molar-refractivity contribution in [3.8, 4) is 5.75 Å². The summed E-state index contributed by atoms with van der Waals surface area (Å²) in [5, 5.41) is 0. The number of para-hydroxylation sites is 1. The molecule has 3 rings (SSSR count). The largest absolute Gasteiger partial charge is 0.496 e. The number of methoxy groups -OCH3 is 1. The van der Waals surface area contributed by atoms with Crippen molar-refractivity contribution in [1.29, 1.82) is 0 Å². The number of hydrogen-bond acceptors (Lipinski definition) is 3. The molecule has 0 saturated carbocycles. The fraction of sp³-hybridized carbons (Fsp3) is 0.400. The lowest BCUT2D eigenvalue weighted by molar-refractivity contribution is -0.131. The monoisotopic (exact) mass is 324 g/mol. The van der Waals surface area contributed by atoms with E-state index in [-0.39, 0.29) is 5.91 Å². The van der Waals surface area contributed by atoms with E-state index < -0.39 is 0 Å². The number of rotatable bonds is 6. The number of nitrogens with zero attached hydrogens (tertiary/aromatic N) is 2. The zero-order chi connectivity index (χ0) is 16.8. The highest BCUT2D eigenvalue weighted by molar-refractivity contribution is 5.80. The molecule has 1 aliphatic heterocycles. The van der Waals surface area contributed by atoms with Gasteiger partial charge in [0.1, 0.15) is 5.75 Å². The average molecular weight is 324 g/mol. The summed E-state index contributed by atoms with van der Waals surface area (Å²) < 4.78 is 5.36. The highest BCUT2D eigenvalue weighted by Crippen LogP contribution is 2.25. The molecule has 1 aromatic heterocycles. The first kappa shape index (κ1) is 16.5. The predicted octanol–water partition coefficient (Wildman–Crippen LogP) is 3.26. The van der Waals surface area contributed by atoms with Crippen LogP contribution in [0.25, 0.3) is 0 Å². The lowest BCUT2D eigenvalue weighted by atomic mass is 10.0. The van der Waals surface area contributed by atoms with Crippen LogP contribution in [0, 0.1) is 0 Å². The molecule has 1 fully saturated rings. The molecule has 0 bridgehead atoms. The van der Waals surface area contributed by atoms with Crippen LogP contribution in [0.15, 0.2) is 48.8 Å². The number of likely N-dealkylation sites (tertiary alicyclic amines) is 1. The summed E-state index contributed by atoms with van der Waals surface area (Å²) in [6.45, 7) is 0.870. The first-order chi connectivity index (χ1) is 11.8. The van der Waals surface area contributed by atoms with Crippen LogP contribution in [-0.2, 0) is 17.6 Å². The Morgan fingerprint density at radius 2 is 2.04 bits per heavy atom. The van der Waals surface area contributed by atoms with Gasteiger partial charge in [0.15, 0.2) is 0 Å². The van der Waals surface area contributed by atoms with Crippen LogP contribution in [0.5, 0.6) is 5.75 Å². The smallest absolute Gasteiger partial charge is 0.227 e. The van der Waals surface area contributed by atoms with Gasteiger partial charge in [-0.05, 0) is 49.4 Å². The van der Waals surface area contributed by atoms with Crippen LogP contribution in [0.3, 0.4) is 0 Å². The molecule has 0 spiro atoms. The van der Waals surface area contributed by atoms with Crippen LogP contribution in [-0.4, -0.2) is 35.5 Å². The van der Waals surface area contributed by atoms with Gasteiger partial charge in [-0.2, -0.15) is 0 Å². The molecule has 1 amide bonds. The molecule has 0 aliphatic carbocycles. The van der Waals surface area contributed by atoms with Crippen LogP contribution >= 0.6 is 0 Å². The zero-order valence-corrected chi connectivity index (χ0v) is 14.1. The molecular weight excluding hydrogens is 300 g/mol. The van der Waals surface area contributed by atoms with E-state index in [9.17, 15) is 4.79 Å². The van der Waals surface area contributed by atoms with E-state index in [1.54, 1.807) is 7.11 Å². The minimum Gasteiger partial charge on any atom is -0.496 e. The Morgan fingerprint density at radius 3 is 2.83 bits per heavy atom. The molecule has 4 heteroatoms. The van der Waals surface area contributed by atoms with Crippen LogP contribution in [0.4, 0.5) is 0 Å². The number of hydrogen-bond donors (Lipinski definition) is 0. The van der Waals surface area contributed by atoms with Gasteiger partial charge in [-0.25, -0.2) is 0 Å². The van der Waals surface area contributed by atoms with E-state index >= 15 is 0 Å². The molecule has 24 heavy (non-hydrogen) atoms. The number of benzene rings is 1. The van der Waals surface area contributed by atoms with E-state index in [0.717, 1.165) is 43.5 Å². The van der Waals surface area contributed by atoms with Crippen molar-refractivity contribution in [2.45, 2.75) is 38.1 Å². The Balaban J connectivity index is 1.61. The SMILES string of the molecule is COc1ccccc1CC(=O)N1CCCC1CCc1ccncc1. The molecule has 1 saturated heterocycles. The van der Waals surface area contributed by atoms with Crippen LogP contribution < -0.4 is 4.74 Å². The molecular formula is C20H24N2O2. The molecule has 1 aliphatic rings. The Kier molecular flexibility index (Phi) is 5.47. The minimum absolute atomic E-state index is 0.205. The summed E-state index contributed by atoms with van der Waals surface area (Å²) >= 11 is 0. The topological polar surface area (TPSA) is 42.4 Å². The Bertz CT molecular complexity index is 672. The van der Waals surface area contributed by atoms with E-state index in [1.165, 1.54) is 5.56 Å². The van der Waals surface area contributed by atoms with Gasteiger partial charge in [0, 0.05) is 30.5 Å². The number of ether oxygens (including phenoxy) is 1. The van der Waals surface area contributed by atoms with Gasteiger partial charge in [0.2, 0.25) is 5.91 Å². The third-order valence-electron chi connectivity index (χ3n) is 4.75. The van der Waals surface area contributed by atoms with E-state index in [1.807, 2.05) is 36.7 Å². The van der Waals surface area contributed by atoms with Crippen molar-refractivity contribution in [3.63, 3.8) is 0 Å². The quantitative estimate of drug-likeness (QED) is 0.819.